The number of nitrogens with zero attached hydrogens (tertiary/aromatic N) is 7. The first-order valence-electron chi connectivity index (χ1n) is 10.6. The van der Waals surface area contributed by atoms with Gasteiger partial charge in [-0.2, -0.15) is 5.10 Å². The zero-order chi connectivity index (χ0) is 23.1. The average molecular weight is 461 g/mol. The largest absolute Gasteiger partial charge is 0.346 e. The molecule has 3 aromatic heterocycles. The Morgan fingerprint density at radius 3 is 2.82 bits per heavy atom. The highest BCUT2D eigenvalue weighted by Crippen LogP contribution is 2.35. The Labute approximate surface area is 192 Å². The van der Waals surface area contributed by atoms with Crippen LogP contribution in [0.25, 0.3) is 27.1 Å². The SMILES string of the molecule is [C-]#[N+]CC1(n2cc(-c3ncnc4[nH]ccc34)cn2)CN([S@@](C)(=O)=N[C@H](C)c2ccccc2)C1. The maximum absolute atomic E-state index is 13.5. The lowest BCUT2D eigenvalue weighted by atomic mass is 9.92. The number of hydrogen-bond donors (Lipinski definition) is 1. The van der Waals surface area contributed by atoms with E-state index in [1.807, 2.05) is 64.7 Å². The molecule has 0 saturated carbocycles. The molecule has 0 unspecified atom stereocenters. The Kier molecular flexibility index (Phi) is 5.23. The Bertz CT molecular complexity index is 1450. The van der Waals surface area contributed by atoms with Gasteiger partial charge in [0.05, 0.1) is 17.9 Å². The lowest BCUT2D eigenvalue weighted by Crippen LogP contribution is -2.65. The summed E-state index contributed by atoms with van der Waals surface area (Å²) in [5, 5.41) is 5.49. The molecule has 0 amide bonds. The molecular formula is C23H24N8OS. The molecule has 1 fully saturated rings. The normalized spacial score (nSPS) is 18.2. The van der Waals surface area contributed by atoms with Crippen LogP contribution in [-0.2, 0) is 15.5 Å². The van der Waals surface area contributed by atoms with Gasteiger partial charge in [-0.15, -0.1) is 0 Å². The summed E-state index contributed by atoms with van der Waals surface area (Å²) in [5.41, 5.74) is 2.88. The molecule has 0 aliphatic carbocycles. The van der Waals surface area contributed by atoms with E-state index >= 15 is 0 Å². The molecular weight excluding hydrogens is 436 g/mol. The van der Waals surface area contributed by atoms with Crippen LogP contribution in [0.4, 0.5) is 0 Å². The van der Waals surface area contributed by atoms with Gasteiger partial charge in [0, 0.05) is 42.7 Å². The van der Waals surface area contributed by atoms with Crippen LogP contribution < -0.4 is 0 Å². The van der Waals surface area contributed by atoms with Gasteiger partial charge in [-0.1, -0.05) is 30.3 Å². The van der Waals surface area contributed by atoms with Crippen LogP contribution in [0.15, 0.2) is 65.7 Å². The Morgan fingerprint density at radius 2 is 2.06 bits per heavy atom. The lowest BCUT2D eigenvalue weighted by molar-refractivity contribution is 0.0870. The van der Waals surface area contributed by atoms with Crippen molar-refractivity contribution in [3.63, 3.8) is 0 Å². The first-order chi connectivity index (χ1) is 15.9. The summed E-state index contributed by atoms with van der Waals surface area (Å²) in [6.45, 7) is 10.6. The van der Waals surface area contributed by atoms with Gasteiger partial charge >= 0.3 is 0 Å². The third-order valence-corrected chi connectivity index (χ3v) is 8.05. The second kappa shape index (κ2) is 8.10. The maximum Gasteiger partial charge on any atom is 0.242 e. The van der Waals surface area contributed by atoms with E-state index in [4.69, 9.17) is 6.57 Å². The summed E-state index contributed by atoms with van der Waals surface area (Å²) < 4.78 is 21.8. The van der Waals surface area contributed by atoms with E-state index in [1.165, 1.54) is 6.33 Å². The van der Waals surface area contributed by atoms with Crippen molar-refractivity contribution in [1.29, 1.82) is 0 Å². The highest BCUT2D eigenvalue weighted by molar-refractivity contribution is 7.90. The lowest BCUT2D eigenvalue weighted by Gasteiger charge is -2.46. The van der Waals surface area contributed by atoms with E-state index in [0.717, 1.165) is 27.9 Å². The van der Waals surface area contributed by atoms with E-state index < -0.39 is 15.5 Å². The van der Waals surface area contributed by atoms with Gasteiger partial charge in [0.2, 0.25) is 6.54 Å². The van der Waals surface area contributed by atoms with Crippen molar-refractivity contribution in [2.24, 2.45) is 4.36 Å². The monoisotopic (exact) mass is 460 g/mol. The summed E-state index contributed by atoms with van der Waals surface area (Å²) >= 11 is 0. The minimum absolute atomic E-state index is 0.183. The van der Waals surface area contributed by atoms with Crippen LogP contribution >= 0.6 is 0 Å². The smallest absolute Gasteiger partial charge is 0.242 e. The predicted molar refractivity (Wildman–Crippen MR) is 127 cm³/mol. The molecule has 1 saturated heterocycles. The third kappa shape index (κ3) is 3.79. The van der Waals surface area contributed by atoms with Crippen molar-refractivity contribution < 1.29 is 4.21 Å². The van der Waals surface area contributed by atoms with Gasteiger partial charge in [-0.3, -0.25) is 4.68 Å². The topological polar surface area (TPSA) is 96.4 Å². The van der Waals surface area contributed by atoms with Crippen LogP contribution in [0.5, 0.6) is 0 Å². The van der Waals surface area contributed by atoms with Gasteiger partial charge in [0.1, 0.15) is 21.9 Å². The molecule has 1 N–H and O–H groups in total. The molecule has 1 aliphatic rings. The Balaban J connectivity index is 1.41. The molecule has 1 aromatic carbocycles. The number of benzene rings is 1. The van der Waals surface area contributed by atoms with Gasteiger partial charge in [-0.25, -0.2) is 29.4 Å². The molecule has 0 spiro atoms. The predicted octanol–water partition coefficient (Wildman–Crippen LogP) is 3.53. The molecule has 1 aliphatic heterocycles. The summed E-state index contributed by atoms with van der Waals surface area (Å²) in [5.74, 6) is 0. The van der Waals surface area contributed by atoms with E-state index in [0.29, 0.717) is 13.1 Å². The zero-order valence-corrected chi connectivity index (χ0v) is 19.2. The highest BCUT2D eigenvalue weighted by Gasteiger charge is 2.51. The fraction of sp³-hybridized carbons (Fsp3) is 0.304. The number of fused-ring (bicyclic) bond motifs is 1. The minimum Gasteiger partial charge on any atom is -0.346 e. The number of H-pyrrole nitrogens is 1. The van der Waals surface area contributed by atoms with Crippen molar-refractivity contribution in [3.8, 4) is 11.3 Å². The third-order valence-electron chi connectivity index (χ3n) is 6.13. The van der Waals surface area contributed by atoms with Crippen LogP contribution in [-0.4, -0.2) is 59.1 Å². The Hall–Kier alpha value is -3.55. The zero-order valence-electron chi connectivity index (χ0n) is 18.4. The number of hydrogen-bond acceptors (Lipinski definition) is 5. The summed E-state index contributed by atoms with van der Waals surface area (Å²) in [4.78, 5) is 15.4. The van der Waals surface area contributed by atoms with Gasteiger partial charge < -0.3 is 9.83 Å². The van der Waals surface area contributed by atoms with Crippen molar-refractivity contribution in [1.82, 2.24) is 29.0 Å². The number of aromatic nitrogens is 5. The second-order valence-electron chi connectivity index (χ2n) is 8.43. The Morgan fingerprint density at radius 1 is 1.27 bits per heavy atom. The number of aromatic amines is 1. The molecule has 4 aromatic rings. The standard InChI is InChI=1S/C23H24N8OS/c1-17(18-7-5-4-6-8-18)29-33(3,32)30-14-23(15-30,13-24-2)31-12-19(11-28-31)21-20-9-10-25-22(20)27-16-26-21/h4-12,16-17H,13-15H2,1,3H3,(H,25,26,27)/t17-,33+/m1/s1. The quantitative estimate of drug-likeness (QED) is 0.445. The van der Waals surface area contributed by atoms with Crippen molar-refractivity contribution in [2.75, 3.05) is 25.9 Å². The fourth-order valence-electron chi connectivity index (χ4n) is 4.27. The maximum atomic E-state index is 13.5. The van der Waals surface area contributed by atoms with Gasteiger partial charge in [-0.05, 0) is 18.6 Å². The van der Waals surface area contributed by atoms with E-state index in [9.17, 15) is 4.21 Å². The average Bonchev–Trinajstić information content (AvgIpc) is 3.46. The van der Waals surface area contributed by atoms with E-state index in [2.05, 4.69) is 29.3 Å². The molecule has 9 nitrogen and oxygen atoms in total. The van der Waals surface area contributed by atoms with Crippen LogP contribution in [0.3, 0.4) is 0 Å². The molecule has 10 heteroatoms. The fourth-order valence-corrected chi connectivity index (χ4v) is 6.08. The molecule has 4 heterocycles. The molecule has 5 rings (SSSR count). The van der Waals surface area contributed by atoms with Crippen LogP contribution in [0.2, 0.25) is 0 Å². The van der Waals surface area contributed by atoms with E-state index in [1.54, 1.807) is 12.5 Å². The van der Waals surface area contributed by atoms with E-state index in [-0.39, 0.29) is 12.6 Å². The summed E-state index contributed by atoms with van der Waals surface area (Å²) in [6.07, 6.45) is 8.70. The van der Waals surface area contributed by atoms with Gasteiger partial charge in [0.25, 0.3) is 0 Å². The first kappa shape index (κ1) is 21.3. The molecule has 168 valence electrons. The van der Waals surface area contributed by atoms with Crippen molar-refractivity contribution >= 4 is 20.9 Å². The minimum atomic E-state index is -2.60. The highest BCUT2D eigenvalue weighted by atomic mass is 32.2. The van der Waals surface area contributed by atoms with Crippen molar-refractivity contribution in [2.45, 2.75) is 18.5 Å². The first-order valence-corrected chi connectivity index (χ1v) is 12.5. The van der Waals surface area contributed by atoms with Crippen molar-refractivity contribution in [3.05, 3.63) is 78.3 Å². The van der Waals surface area contributed by atoms with Crippen LogP contribution in [0.1, 0.15) is 18.5 Å². The number of rotatable bonds is 6. The molecule has 0 radical (unpaired) electrons. The van der Waals surface area contributed by atoms with Gasteiger partial charge in [0.15, 0.2) is 5.54 Å². The molecule has 0 bridgehead atoms. The van der Waals surface area contributed by atoms with Crippen LogP contribution in [0, 0.1) is 6.57 Å². The number of nitrogens with one attached hydrogen (secondary N) is 1. The second-order valence-corrected chi connectivity index (χ2v) is 10.7. The molecule has 33 heavy (non-hydrogen) atoms. The summed E-state index contributed by atoms with van der Waals surface area (Å²) in [7, 11) is -2.60. The molecule has 2 atom stereocenters. The summed E-state index contributed by atoms with van der Waals surface area (Å²) in [6, 6.07) is 11.6.